The van der Waals surface area contributed by atoms with E-state index in [1.54, 1.807) is 24.3 Å². The number of amides is 4. The molecule has 1 saturated carbocycles. The molecule has 28 heavy (non-hydrogen) atoms. The number of nitriles is 1. The van der Waals surface area contributed by atoms with Crippen molar-refractivity contribution < 1.29 is 19.5 Å². The molecule has 1 aromatic carbocycles. The maximum absolute atomic E-state index is 12.6. The Morgan fingerprint density at radius 3 is 2.68 bits per heavy atom. The Balaban J connectivity index is 1.53. The van der Waals surface area contributed by atoms with E-state index in [1.807, 2.05) is 6.07 Å². The van der Waals surface area contributed by atoms with E-state index in [4.69, 9.17) is 10.4 Å². The molecule has 0 spiro atoms. The Bertz CT molecular complexity index is 786. The molecule has 8 heteroatoms. The maximum Gasteiger partial charge on any atom is 0.329 e. The van der Waals surface area contributed by atoms with E-state index in [-0.39, 0.29) is 31.4 Å². The van der Waals surface area contributed by atoms with Crippen molar-refractivity contribution in [1.29, 1.82) is 5.26 Å². The molecule has 1 aromatic rings. The van der Waals surface area contributed by atoms with Gasteiger partial charge in [0.05, 0.1) is 17.3 Å². The van der Waals surface area contributed by atoms with Crippen LogP contribution in [0.15, 0.2) is 24.3 Å². The van der Waals surface area contributed by atoms with Crippen molar-refractivity contribution in [2.75, 3.05) is 11.5 Å². The fourth-order valence-corrected chi connectivity index (χ4v) is 3.95. The highest BCUT2D eigenvalue weighted by Crippen LogP contribution is 2.28. The Morgan fingerprint density at radius 1 is 1.25 bits per heavy atom. The molecule has 148 valence electrons. The van der Waals surface area contributed by atoms with Gasteiger partial charge in [0.25, 0.3) is 5.91 Å². The van der Waals surface area contributed by atoms with Crippen molar-refractivity contribution in [3.8, 4) is 6.07 Å². The molecule has 3 atom stereocenters. The fourth-order valence-electron chi connectivity index (χ4n) is 3.95. The summed E-state index contributed by atoms with van der Waals surface area (Å²) in [6.45, 7) is 0.116. The first-order chi connectivity index (χ1) is 13.5. The number of hydrogen-bond acceptors (Lipinski definition) is 5. The van der Waals surface area contributed by atoms with Gasteiger partial charge < -0.3 is 15.7 Å². The lowest BCUT2D eigenvalue weighted by molar-refractivity contribution is -0.122. The molecule has 1 heterocycles. The lowest BCUT2D eigenvalue weighted by Gasteiger charge is -2.20. The van der Waals surface area contributed by atoms with E-state index in [9.17, 15) is 14.4 Å². The lowest BCUT2D eigenvalue weighted by atomic mass is 9.99. The quantitative estimate of drug-likeness (QED) is 0.614. The van der Waals surface area contributed by atoms with E-state index in [0.29, 0.717) is 23.6 Å². The van der Waals surface area contributed by atoms with E-state index >= 15 is 0 Å². The number of carbonyl (C=O) groups excluding carboxylic acids is 3. The summed E-state index contributed by atoms with van der Waals surface area (Å²) in [5.41, 5.74) is 0.835. The van der Waals surface area contributed by atoms with E-state index < -0.39 is 18.0 Å². The van der Waals surface area contributed by atoms with Crippen molar-refractivity contribution in [3.05, 3.63) is 29.8 Å². The van der Waals surface area contributed by atoms with E-state index in [0.717, 1.165) is 24.2 Å². The van der Waals surface area contributed by atoms with Crippen LogP contribution in [0.5, 0.6) is 0 Å². The smallest absolute Gasteiger partial charge is 0.329 e. The van der Waals surface area contributed by atoms with Gasteiger partial charge in [0.2, 0.25) is 5.91 Å². The standard InChI is InChI=1S/C20H24N4O4/c21-12-13-4-6-15(7-5-13)24-19(27)17(23-20(24)28)8-9-18(26)22-16-3-1-2-14(16)10-11-25/h4-7,14,16-17,25H,1-3,8-11H2,(H,22,26)(H,23,28). The predicted molar refractivity (Wildman–Crippen MR) is 101 cm³/mol. The van der Waals surface area contributed by atoms with Crippen LogP contribution in [0.25, 0.3) is 0 Å². The van der Waals surface area contributed by atoms with Crippen molar-refractivity contribution in [2.24, 2.45) is 5.92 Å². The second-order valence-electron chi connectivity index (χ2n) is 7.25. The number of nitrogens with zero attached hydrogens (tertiary/aromatic N) is 2. The summed E-state index contributed by atoms with van der Waals surface area (Å²) in [4.78, 5) is 38.1. The highest BCUT2D eigenvalue weighted by Gasteiger charge is 2.39. The van der Waals surface area contributed by atoms with Gasteiger partial charge in [-0.05, 0) is 55.9 Å². The average Bonchev–Trinajstić information content (AvgIpc) is 3.24. The van der Waals surface area contributed by atoms with Crippen LogP contribution in [0.4, 0.5) is 10.5 Å². The third-order valence-electron chi connectivity index (χ3n) is 5.44. The Labute approximate surface area is 163 Å². The number of imide groups is 1. The summed E-state index contributed by atoms with van der Waals surface area (Å²) >= 11 is 0. The number of anilines is 1. The summed E-state index contributed by atoms with van der Waals surface area (Å²) in [5.74, 6) is -0.246. The summed E-state index contributed by atoms with van der Waals surface area (Å²) in [7, 11) is 0. The number of carbonyl (C=O) groups is 3. The highest BCUT2D eigenvalue weighted by atomic mass is 16.3. The van der Waals surface area contributed by atoms with Gasteiger partial charge in [-0.15, -0.1) is 0 Å². The Morgan fingerprint density at radius 2 is 2.00 bits per heavy atom. The first-order valence-electron chi connectivity index (χ1n) is 9.58. The first kappa shape index (κ1) is 19.8. The van der Waals surface area contributed by atoms with Crippen LogP contribution in [0.1, 0.15) is 44.1 Å². The number of hydrogen-bond donors (Lipinski definition) is 3. The molecule has 2 fully saturated rings. The zero-order valence-corrected chi connectivity index (χ0v) is 15.6. The van der Waals surface area contributed by atoms with Crippen molar-refractivity contribution >= 4 is 23.5 Å². The minimum atomic E-state index is -0.745. The number of urea groups is 1. The first-order valence-corrected chi connectivity index (χ1v) is 9.58. The number of nitrogens with one attached hydrogen (secondary N) is 2. The molecular weight excluding hydrogens is 360 g/mol. The van der Waals surface area contributed by atoms with Gasteiger partial charge in [0.15, 0.2) is 0 Å². The largest absolute Gasteiger partial charge is 0.396 e. The van der Waals surface area contributed by atoms with Crippen LogP contribution < -0.4 is 15.5 Å². The van der Waals surface area contributed by atoms with Gasteiger partial charge in [0, 0.05) is 19.1 Å². The van der Waals surface area contributed by atoms with Gasteiger partial charge >= 0.3 is 6.03 Å². The van der Waals surface area contributed by atoms with Crippen LogP contribution in [-0.2, 0) is 9.59 Å². The summed E-state index contributed by atoms with van der Waals surface area (Å²) in [5, 5.41) is 23.6. The minimum absolute atomic E-state index is 0.0728. The molecule has 1 aliphatic heterocycles. The number of rotatable bonds is 7. The maximum atomic E-state index is 12.6. The number of benzene rings is 1. The van der Waals surface area contributed by atoms with Crippen LogP contribution >= 0.6 is 0 Å². The SMILES string of the molecule is N#Cc1ccc(N2C(=O)NC(CCC(=O)NC3CCCC3CCO)C2=O)cc1. The van der Waals surface area contributed by atoms with Crippen molar-refractivity contribution in [3.63, 3.8) is 0 Å². The predicted octanol–water partition coefficient (Wildman–Crippen LogP) is 1.43. The molecule has 3 N–H and O–H groups in total. The zero-order chi connectivity index (χ0) is 20.1. The molecule has 1 aliphatic carbocycles. The normalized spacial score (nSPS) is 24.1. The van der Waals surface area contributed by atoms with Crippen LogP contribution in [0, 0.1) is 17.2 Å². The second-order valence-corrected chi connectivity index (χ2v) is 7.25. The summed E-state index contributed by atoms with van der Waals surface area (Å²) in [6.07, 6.45) is 3.99. The summed E-state index contributed by atoms with van der Waals surface area (Å²) < 4.78 is 0. The van der Waals surface area contributed by atoms with Crippen LogP contribution in [0.2, 0.25) is 0 Å². The van der Waals surface area contributed by atoms with Crippen molar-refractivity contribution in [1.82, 2.24) is 10.6 Å². The average molecular weight is 384 g/mol. The Kier molecular flexibility index (Phi) is 6.26. The molecule has 0 bridgehead atoms. The van der Waals surface area contributed by atoms with Gasteiger partial charge in [-0.1, -0.05) is 6.42 Å². The number of aliphatic hydroxyl groups is 1. The van der Waals surface area contributed by atoms with Gasteiger partial charge in [-0.3, -0.25) is 9.59 Å². The third kappa shape index (κ3) is 4.31. The van der Waals surface area contributed by atoms with E-state index in [1.165, 1.54) is 0 Å². The topological polar surface area (TPSA) is 123 Å². The minimum Gasteiger partial charge on any atom is -0.396 e. The monoisotopic (exact) mass is 384 g/mol. The zero-order valence-electron chi connectivity index (χ0n) is 15.6. The molecule has 0 radical (unpaired) electrons. The van der Waals surface area contributed by atoms with E-state index in [2.05, 4.69) is 10.6 Å². The number of aliphatic hydroxyl groups excluding tert-OH is 1. The second kappa shape index (κ2) is 8.85. The molecule has 8 nitrogen and oxygen atoms in total. The lowest BCUT2D eigenvalue weighted by Crippen LogP contribution is -2.39. The highest BCUT2D eigenvalue weighted by molar-refractivity contribution is 6.21. The van der Waals surface area contributed by atoms with Gasteiger partial charge in [0.1, 0.15) is 6.04 Å². The molecule has 0 aromatic heterocycles. The summed E-state index contributed by atoms with van der Waals surface area (Å²) in [6, 6.07) is 6.97. The molecule has 4 amide bonds. The Hall–Kier alpha value is -2.92. The molecule has 1 saturated heterocycles. The van der Waals surface area contributed by atoms with Gasteiger partial charge in [-0.2, -0.15) is 5.26 Å². The fraction of sp³-hybridized carbons (Fsp3) is 0.500. The third-order valence-corrected chi connectivity index (χ3v) is 5.44. The molecular formula is C20H24N4O4. The molecule has 3 unspecified atom stereocenters. The molecule has 2 aliphatic rings. The van der Waals surface area contributed by atoms with Gasteiger partial charge in [-0.25, -0.2) is 9.69 Å². The van der Waals surface area contributed by atoms with Crippen molar-refractivity contribution in [2.45, 2.75) is 50.6 Å². The van der Waals surface area contributed by atoms with Crippen LogP contribution in [0.3, 0.4) is 0 Å². The van der Waals surface area contributed by atoms with Crippen LogP contribution in [-0.4, -0.2) is 41.6 Å². The molecule has 3 rings (SSSR count).